The van der Waals surface area contributed by atoms with Gasteiger partial charge in [0, 0.05) is 11.4 Å². The van der Waals surface area contributed by atoms with Crippen molar-refractivity contribution in [3.8, 4) is 0 Å². The van der Waals surface area contributed by atoms with E-state index in [1.165, 1.54) is 6.92 Å². The highest BCUT2D eigenvalue weighted by atomic mass is 32.2. The smallest absolute Gasteiger partial charge is 0.389 e. The van der Waals surface area contributed by atoms with Gasteiger partial charge >= 0.3 is 17.8 Å². The van der Waals surface area contributed by atoms with Crippen LogP contribution in [0.15, 0.2) is 9.82 Å². The predicted octanol–water partition coefficient (Wildman–Crippen LogP) is 1.82. The van der Waals surface area contributed by atoms with Crippen LogP contribution >= 0.6 is 11.8 Å². The van der Waals surface area contributed by atoms with Crippen LogP contribution in [0.3, 0.4) is 0 Å². The number of hydrogen-bond donors (Lipinski definition) is 2. The lowest BCUT2D eigenvalue weighted by molar-refractivity contribution is -0.129. The van der Waals surface area contributed by atoms with Crippen LogP contribution in [0, 0.1) is 6.92 Å². The van der Waals surface area contributed by atoms with E-state index in [0.29, 0.717) is 11.8 Å². The molecule has 0 aliphatic heterocycles. The van der Waals surface area contributed by atoms with Crippen molar-refractivity contribution in [2.45, 2.75) is 24.5 Å². The Balaban J connectivity index is 2.94. The number of carboxylic acid groups (broad SMARTS) is 1. The Kier molecular flexibility index (Phi) is 4.38. The average molecular weight is 282 g/mol. The van der Waals surface area contributed by atoms with E-state index in [4.69, 9.17) is 5.11 Å². The van der Waals surface area contributed by atoms with Gasteiger partial charge in [-0.05, 0) is 6.92 Å². The van der Waals surface area contributed by atoms with Crippen molar-refractivity contribution >= 4 is 17.7 Å². The van der Waals surface area contributed by atoms with Crippen LogP contribution < -0.4 is 5.69 Å². The third-order valence-corrected chi connectivity index (χ3v) is 2.90. The van der Waals surface area contributed by atoms with E-state index in [1.54, 1.807) is 0 Å². The van der Waals surface area contributed by atoms with Crippen molar-refractivity contribution in [1.29, 1.82) is 0 Å². The van der Waals surface area contributed by atoms with Gasteiger partial charge < -0.3 is 10.1 Å². The number of nitrogens with zero attached hydrogens (tertiary/aromatic N) is 1. The van der Waals surface area contributed by atoms with Crippen molar-refractivity contribution in [1.82, 2.24) is 9.97 Å². The van der Waals surface area contributed by atoms with Crippen LogP contribution in [0.4, 0.5) is 13.2 Å². The van der Waals surface area contributed by atoms with E-state index in [2.05, 4.69) is 9.97 Å². The van der Waals surface area contributed by atoms with E-state index >= 15 is 0 Å². The predicted molar refractivity (Wildman–Crippen MR) is 58.0 cm³/mol. The maximum Gasteiger partial charge on any atom is 0.389 e. The van der Waals surface area contributed by atoms with Crippen LogP contribution in [0.25, 0.3) is 0 Å². The molecule has 9 heteroatoms. The Morgan fingerprint density at radius 3 is 2.61 bits per heavy atom. The minimum Gasteiger partial charge on any atom is -0.478 e. The Labute approximate surface area is 103 Å². The first kappa shape index (κ1) is 14.6. The fraction of sp³-hybridized carbons (Fsp3) is 0.444. The molecule has 100 valence electrons. The Bertz CT molecular complexity index is 513. The number of nitrogens with one attached hydrogen (secondary N) is 1. The minimum atomic E-state index is -4.33. The maximum atomic E-state index is 12.0. The monoisotopic (exact) mass is 282 g/mol. The molecule has 0 unspecified atom stereocenters. The third kappa shape index (κ3) is 4.06. The van der Waals surface area contributed by atoms with E-state index in [0.717, 1.165) is 0 Å². The highest BCUT2D eigenvalue weighted by molar-refractivity contribution is 7.99. The molecule has 0 atom stereocenters. The fourth-order valence-corrected chi connectivity index (χ4v) is 2.24. The number of hydrogen-bond acceptors (Lipinski definition) is 4. The molecule has 0 radical (unpaired) electrons. The summed E-state index contributed by atoms with van der Waals surface area (Å²) in [7, 11) is 0. The van der Waals surface area contributed by atoms with Crippen molar-refractivity contribution in [3.05, 3.63) is 21.7 Å². The molecule has 0 aliphatic rings. The number of H-pyrrole nitrogens is 1. The summed E-state index contributed by atoms with van der Waals surface area (Å²) in [6.45, 7) is 1.35. The standard InChI is InChI=1S/C9H9F3N2O3S/c1-4-5(7(15)16)6(14-8(17)13-4)18-3-2-9(10,11)12/h2-3H2,1H3,(H,15,16)(H,13,14,17). The largest absolute Gasteiger partial charge is 0.478 e. The number of rotatable bonds is 4. The summed E-state index contributed by atoms with van der Waals surface area (Å²) in [5.74, 6) is -1.73. The second kappa shape index (κ2) is 5.42. The molecule has 0 saturated carbocycles. The van der Waals surface area contributed by atoms with Crippen molar-refractivity contribution < 1.29 is 23.1 Å². The van der Waals surface area contributed by atoms with Crippen molar-refractivity contribution in [2.75, 3.05) is 5.75 Å². The SMILES string of the molecule is Cc1[nH]c(=O)nc(SCCC(F)(F)F)c1C(=O)O. The van der Waals surface area contributed by atoms with Crippen LogP contribution in [0.5, 0.6) is 0 Å². The zero-order chi connectivity index (χ0) is 13.9. The van der Waals surface area contributed by atoms with Gasteiger partial charge in [-0.25, -0.2) is 9.59 Å². The molecular weight excluding hydrogens is 273 g/mol. The summed E-state index contributed by atoms with van der Waals surface area (Å²) in [6, 6.07) is 0. The molecule has 0 bridgehead atoms. The molecule has 0 aromatic carbocycles. The zero-order valence-corrected chi connectivity index (χ0v) is 9.98. The van der Waals surface area contributed by atoms with E-state index < -0.39 is 24.3 Å². The van der Waals surface area contributed by atoms with E-state index in [1.807, 2.05) is 0 Å². The lowest BCUT2D eigenvalue weighted by Crippen LogP contribution is -2.18. The second-order valence-electron chi connectivity index (χ2n) is 3.37. The number of aromatic carboxylic acids is 1. The molecule has 0 aliphatic carbocycles. The van der Waals surface area contributed by atoms with Gasteiger partial charge in [-0.15, -0.1) is 11.8 Å². The lowest BCUT2D eigenvalue weighted by Gasteiger charge is -2.08. The number of aromatic amines is 1. The molecular formula is C9H9F3N2O3S. The zero-order valence-electron chi connectivity index (χ0n) is 9.17. The Hall–Kier alpha value is -1.51. The maximum absolute atomic E-state index is 12.0. The molecule has 1 aromatic heterocycles. The van der Waals surface area contributed by atoms with Gasteiger partial charge in [0.25, 0.3) is 0 Å². The number of carbonyl (C=O) groups is 1. The number of alkyl halides is 3. The fourth-order valence-electron chi connectivity index (χ4n) is 1.18. The summed E-state index contributed by atoms with van der Waals surface area (Å²) in [6.07, 6.45) is -5.41. The van der Waals surface area contributed by atoms with E-state index in [9.17, 15) is 22.8 Å². The molecule has 1 rings (SSSR count). The van der Waals surface area contributed by atoms with Gasteiger partial charge in [0.2, 0.25) is 0 Å². The highest BCUT2D eigenvalue weighted by Crippen LogP contribution is 2.27. The first-order valence-electron chi connectivity index (χ1n) is 4.74. The number of thioether (sulfide) groups is 1. The van der Waals surface area contributed by atoms with Gasteiger partial charge in [0.15, 0.2) is 0 Å². The van der Waals surface area contributed by atoms with Gasteiger partial charge in [-0.1, -0.05) is 0 Å². The minimum absolute atomic E-state index is 0.0667. The van der Waals surface area contributed by atoms with Gasteiger partial charge in [0.1, 0.15) is 10.6 Å². The second-order valence-corrected chi connectivity index (χ2v) is 4.45. The summed E-state index contributed by atoms with van der Waals surface area (Å²) < 4.78 is 35.9. The molecule has 0 amide bonds. The summed E-state index contributed by atoms with van der Waals surface area (Å²) in [4.78, 5) is 27.5. The molecule has 1 aromatic rings. The van der Waals surface area contributed by atoms with E-state index in [-0.39, 0.29) is 22.0 Å². The molecule has 1 heterocycles. The quantitative estimate of drug-likeness (QED) is 0.650. The summed E-state index contributed by atoms with van der Waals surface area (Å²) >= 11 is 0.599. The molecule has 0 spiro atoms. The average Bonchev–Trinajstić information content (AvgIpc) is 2.13. The van der Waals surface area contributed by atoms with Crippen molar-refractivity contribution in [3.63, 3.8) is 0 Å². The van der Waals surface area contributed by atoms with Crippen LogP contribution in [-0.4, -0.2) is 33.0 Å². The highest BCUT2D eigenvalue weighted by Gasteiger charge is 2.27. The number of halogens is 3. The number of carboxylic acids is 1. The molecule has 0 fully saturated rings. The van der Waals surface area contributed by atoms with Crippen molar-refractivity contribution in [2.24, 2.45) is 0 Å². The molecule has 0 saturated heterocycles. The third-order valence-electron chi connectivity index (χ3n) is 1.92. The topological polar surface area (TPSA) is 83.0 Å². The molecule has 18 heavy (non-hydrogen) atoms. The van der Waals surface area contributed by atoms with Crippen LogP contribution in [-0.2, 0) is 0 Å². The van der Waals surface area contributed by atoms with Gasteiger partial charge in [-0.2, -0.15) is 18.2 Å². The number of aromatic nitrogens is 2. The molecule has 2 N–H and O–H groups in total. The van der Waals surface area contributed by atoms with Crippen LogP contribution in [0.1, 0.15) is 22.5 Å². The van der Waals surface area contributed by atoms with Gasteiger partial charge in [0.05, 0.1) is 6.42 Å². The van der Waals surface area contributed by atoms with Gasteiger partial charge in [-0.3, -0.25) is 0 Å². The lowest BCUT2D eigenvalue weighted by atomic mass is 10.2. The summed E-state index contributed by atoms with van der Waals surface area (Å²) in [5.41, 5.74) is -0.995. The van der Waals surface area contributed by atoms with Crippen LogP contribution in [0.2, 0.25) is 0 Å². The Morgan fingerprint density at radius 1 is 1.50 bits per heavy atom. The Morgan fingerprint density at radius 2 is 2.11 bits per heavy atom. The first-order chi connectivity index (χ1) is 8.20. The summed E-state index contributed by atoms with van der Waals surface area (Å²) in [5, 5.41) is 8.70. The first-order valence-corrected chi connectivity index (χ1v) is 5.73. The molecule has 5 nitrogen and oxygen atoms in total. The number of aryl methyl sites for hydroxylation is 1. The normalized spacial score (nSPS) is 11.6.